The Hall–Kier alpha value is -3.12. The van der Waals surface area contributed by atoms with E-state index in [9.17, 15) is 9.00 Å². The highest BCUT2D eigenvalue weighted by atomic mass is 32.2. The molecule has 0 bridgehead atoms. The maximum Gasteiger partial charge on any atom is 0.273 e. The molecule has 1 heterocycles. The van der Waals surface area contributed by atoms with Crippen LogP contribution < -0.4 is 9.04 Å². The summed E-state index contributed by atoms with van der Waals surface area (Å²) in [5, 5.41) is 0. The molecule has 0 aliphatic carbocycles. The number of hydrogen-bond donors (Lipinski definition) is 0. The van der Waals surface area contributed by atoms with Crippen LogP contribution in [0.25, 0.3) is 0 Å². The summed E-state index contributed by atoms with van der Waals surface area (Å²) >= 11 is 0. The lowest BCUT2D eigenvalue weighted by molar-refractivity contribution is 0.101. The van der Waals surface area contributed by atoms with Gasteiger partial charge in [-0.25, -0.2) is 8.51 Å². The predicted molar refractivity (Wildman–Crippen MR) is 107 cm³/mol. The van der Waals surface area contributed by atoms with E-state index >= 15 is 0 Å². The molecule has 0 saturated carbocycles. The Bertz CT molecular complexity index is 1100. The average molecular weight is 378 g/mol. The standard InChI is InChI=1S/C21H18N2O3S/c1-26-18-12-13-20-19(14-18)21(24)23(17-10-6-3-7-11-17)27(25,22-20)15-16-8-4-2-5-9-16/h2-14H,15H2,1H3. The van der Waals surface area contributed by atoms with E-state index in [0.29, 0.717) is 22.7 Å². The molecule has 1 aliphatic heterocycles. The average Bonchev–Trinajstić information content (AvgIpc) is 2.69. The second-order valence-corrected chi connectivity index (χ2v) is 8.20. The quantitative estimate of drug-likeness (QED) is 0.668. The first kappa shape index (κ1) is 17.3. The smallest absolute Gasteiger partial charge is 0.273 e. The number of methoxy groups -OCH3 is 1. The van der Waals surface area contributed by atoms with Crippen molar-refractivity contribution in [2.24, 2.45) is 4.36 Å². The van der Waals surface area contributed by atoms with Crippen LogP contribution >= 0.6 is 0 Å². The van der Waals surface area contributed by atoms with Crippen LogP contribution in [0.3, 0.4) is 0 Å². The first-order valence-corrected chi connectivity index (χ1v) is 10.1. The number of amides is 1. The molecular formula is C21H18N2O3S. The first-order chi connectivity index (χ1) is 13.1. The van der Waals surface area contributed by atoms with Crippen molar-refractivity contribution in [2.45, 2.75) is 5.75 Å². The lowest BCUT2D eigenvalue weighted by Crippen LogP contribution is -2.39. The van der Waals surface area contributed by atoms with Gasteiger partial charge in [-0.05, 0) is 35.9 Å². The van der Waals surface area contributed by atoms with E-state index in [4.69, 9.17) is 4.74 Å². The normalized spacial score (nSPS) is 18.6. The molecule has 6 heteroatoms. The summed E-state index contributed by atoms with van der Waals surface area (Å²) in [6.07, 6.45) is 0. The fourth-order valence-corrected chi connectivity index (χ4v) is 5.24. The highest BCUT2D eigenvalue weighted by molar-refractivity contribution is 7.95. The van der Waals surface area contributed by atoms with Gasteiger partial charge in [0.2, 0.25) is 0 Å². The number of benzene rings is 3. The third-order valence-electron chi connectivity index (χ3n) is 4.33. The molecule has 4 rings (SSSR count). The molecule has 1 unspecified atom stereocenters. The molecule has 0 spiro atoms. The van der Waals surface area contributed by atoms with Gasteiger partial charge in [-0.3, -0.25) is 4.79 Å². The zero-order chi connectivity index (χ0) is 18.9. The van der Waals surface area contributed by atoms with Gasteiger partial charge in [-0.15, -0.1) is 0 Å². The van der Waals surface area contributed by atoms with Crippen LogP contribution in [-0.2, 0) is 15.7 Å². The number of para-hydroxylation sites is 1. The van der Waals surface area contributed by atoms with E-state index in [2.05, 4.69) is 4.36 Å². The van der Waals surface area contributed by atoms with Gasteiger partial charge in [0, 0.05) is 0 Å². The number of fused-ring (bicyclic) bond motifs is 1. The molecule has 1 aliphatic rings. The van der Waals surface area contributed by atoms with Gasteiger partial charge in [0.1, 0.15) is 15.7 Å². The largest absolute Gasteiger partial charge is 0.497 e. The van der Waals surface area contributed by atoms with E-state index < -0.39 is 9.92 Å². The van der Waals surface area contributed by atoms with Gasteiger partial charge >= 0.3 is 0 Å². The maximum atomic E-state index is 13.9. The molecule has 136 valence electrons. The Morgan fingerprint density at radius 2 is 1.63 bits per heavy atom. The molecular weight excluding hydrogens is 360 g/mol. The lowest BCUT2D eigenvalue weighted by atomic mass is 10.1. The number of anilines is 1. The molecule has 3 aromatic carbocycles. The zero-order valence-corrected chi connectivity index (χ0v) is 15.6. The van der Waals surface area contributed by atoms with Crippen molar-refractivity contribution in [3.63, 3.8) is 0 Å². The Labute approximate surface area is 158 Å². The van der Waals surface area contributed by atoms with E-state index in [1.54, 1.807) is 37.4 Å². The number of carbonyl (C=O) groups excluding carboxylic acids is 1. The van der Waals surface area contributed by atoms with Crippen LogP contribution in [0.4, 0.5) is 11.4 Å². The number of nitrogens with zero attached hydrogens (tertiary/aromatic N) is 2. The highest BCUT2D eigenvalue weighted by Gasteiger charge is 2.34. The molecule has 27 heavy (non-hydrogen) atoms. The third-order valence-corrected chi connectivity index (χ3v) is 6.47. The molecule has 0 saturated heterocycles. The number of carbonyl (C=O) groups is 1. The Balaban J connectivity index is 1.92. The van der Waals surface area contributed by atoms with Crippen molar-refractivity contribution in [3.8, 4) is 5.75 Å². The van der Waals surface area contributed by atoms with Crippen molar-refractivity contribution < 1.29 is 13.7 Å². The summed E-state index contributed by atoms with van der Waals surface area (Å²) in [5.41, 5.74) is 2.22. The number of ether oxygens (including phenoxy) is 1. The summed E-state index contributed by atoms with van der Waals surface area (Å²) in [4.78, 5) is 13.3. The summed E-state index contributed by atoms with van der Waals surface area (Å²) < 4.78 is 25.0. The van der Waals surface area contributed by atoms with Gasteiger partial charge in [0.25, 0.3) is 5.91 Å². The second kappa shape index (κ2) is 6.89. The van der Waals surface area contributed by atoms with E-state index in [0.717, 1.165) is 5.56 Å². The van der Waals surface area contributed by atoms with Crippen LogP contribution in [0.5, 0.6) is 5.75 Å². The van der Waals surface area contributed by atoms with Gasteiger partial charge in [0.15, 0.2) is 0 Å². The minimum absolute atomic E-state index is 0.153. The maximum absolute atomic E-state index is 13.9. The topological polar surface area (TPSA) is 59.0 Å². The van der Waals surface area contributed by atoms with Crippen LogP contribution in [0.15, 0.2) is 83.2 Å². The van der Waals surface area contributed by atoms with Crippen molar-refractivity contribution in [1.29, 1.82) is 0 Å². The summed E-state index contributed by atoms with van der Waals surface area (Å²) in [6, 6.07) is 23.5. The molecule has 5 nitrogen and oxygen atoms in total. The molecule has 3 aromatic rings. The number of hydrogen-bond acceptors (Lipinski definition) is 4. The van der Waals surface area contributed by atoms with Crippen molar-refractivity contribution in [1.82, 2.24) is 0 Å². The molecule has 0 fully saturated rings. The van der Waals surface area contributed by atoms with Crippen molar-refractivity contribution >= 4 is 27.2 Å². The van der Waals surface area contributed by atoms with Crippen LogP contribution in [0.1, 0.15) is 15.9 Å². The van der Waals surface area contributed by atoms with Crippen LogP contribution in [-0.4, -0.2) is 17.2 Å². The van der Waals surface area contributed by atoms with Crippen molar-refractivity contribution in [3.05, 3.63) is 90.0 Å². The van der Waals surface area contributed by atoms with Gasteiger partial charge in [-0.1, -0.05) is 48.5 Å². The van der Waals surface area contributed by atoms with Gasteiger partial charge in [0.05, 0.1) is 29.8 Å². The summed E-state index contributed by atoms with van der Waals surface area (Å²) in [6.45, 7) is 0. The van der Waals surface area contributed by atoms with Crippen molar-refractivity contribution in [2.75, 3.05) is 11.4 Å². The van der Waals surface area contributed by atoms with E-state index in [-0.39, 0.29) is 11.7 Å². The monoisotopic (exact) mass is 378 g/mol. The lowest BCUT2D eigenvalue weighted by Gasteiger charge is -2.30. The molecule has 1 amide bonds. The van der Waals surface area contributed by atoms with E-state index in [1.165, 1.54) is 4.31 Å². The van der Waals surface area contributed by atoms with Gasteiger partial charge < -0.3 is 4.74 Å². The van der Waals surface area contributed by atoms with Crippen LogP contribution in [0, 0.1) is 0 Å². The minimum atomic E-state index is -3.05. The number of rotatable bonds is 4. The van der Waals surface area contributed by atoms with Crippen LogP contribution in [0.2, 0.25) is 0 Å². The Morgan fingerprint density at radius 1 is 0.963 bits per heavy atom. The summed E-state index contributed by atoms with van der Waals surface area (Å²) in [5.74, 6) is 0.368. The minimum Gasteiger partial charge on any atom is -0.497 e. The predicted octanol–water partition coefficient (Wildman–Crippen LogP) is 4.57. The zero-order valence-electron chi connectivity index (χ0n) is 14.7. The summed E-state index contributed by atoms with van der Waals surface area (Å²) in [7, 11) is -1.51. The SMILES string of the molecule is COc1ccc2c(c1)C(=O)N(c1ccccc1)S(=O)(Cc1ccccc1)=N2. The molecule has 1 atom stereocenters. The fourth-order valence-electron chi connectivity index (χ4n) is 3.06. The third kappa shape index (κ3) is 3.19. The van der Waals surface area contributed by atoms with E-state index in [1.807, 2.05) is 48.5 Å². The Kier molecular flexibility index (Phi) is 4.41. The Morgan fingerprint density at radius 3 is 2.30 bits per heavy atom. The second-order valence-electron chi connectivity index (χ2n) is 6.15. The van der Waals surface area contributed by atoms with Gasteiger partial charge in [-0.2, -0.15) is 4.36 Å². The molecule has 0 radical (unpaired) electrons. The molecule has 0 aromatic heterocycles. The fraction of sp³-hybridized carbons (Fsp3) is 0.0952. The highest BCUT2D eigenvalue weighted by Crippen LogP contribution is 2.36. The molecule has 0 N–H and O–H groups in total. The first-order valence-electron chi connectivity index (χ1n) is 8.47.